The molecule has 10 heterocycles. The fourth-order valence-corrected chi connectivity index (χ4v) is 6.94. The molecule has 7 aromatic rings. The predicted octanol–water partition coefficient (Wildman–Crippen LogP) is 7.09. The van der Waals surface area contributed by atoms with Crippen molar-refractivity contribution in [3.05, 3.63) is 127 Å². The van der Waals surface area contributed by atoms with Crippen molar-refractivity contribution in [3.8, 4) is 0 Å². The summed E-state index contributed by atoms with van der Waals surface area (Å²) in [5.41, 5.74) is 9.27. The van der Waals surface area contributed by atoms with Crippen LogP contribution < -0.4 is 0 Å². The van der Waals surface area contributed by atoms with Gasteiger partial charge in [-0.2, -0.15) is 10.2 Å². The number of para-hydroxylation sites is 1. The molecule has 0 amide bonds. The first-order chi connectivity index (χ1) is 26.8. The second-order valence-corrected chi connectivity index (χ2v) is 13.7. The molecule has 0 fully saturated rings. The van der Waals surface area contributed by atoms with Crippen LogP contribution in [0.4, 0.5) is 0 Å². The predicted molar refractivity (Wildman–Crippen MR) is 210 cm³/mol. The van der Waals surface area contributed by atoms with Crippen LogP contribution in [0.15, 0.2) is 115 Å². The molecule has 6 aromatic heterocycles. The fourth-order valence-electron chi connectivity index (χ4n) is 6.94. The van der Waals surface area contributed by atoms with Gasteiger partial charge in [0.25, 0.3) is 0 Å². The Kier molecular flexibility index (Phi) is 13.2. The number of imidazole rings is 3. The summed E-state index contributed by atoms with van der Waals surface area (Å²) in [6.45, 7) is 5.81. The number of nitrogens with one attached hydrogen (secondary N) is 1. The van der Waals surface area contributed by atoms with E-state index >= 15 is 0 Å². The highest BCUT2D eigenvalue weighted by Crippen LogP contribution is 2.26. The Morgan fingerprint density at radius 1 is 0.648 bits per heavy atom. The van der Waals surface area contributed by atoms with E-state index in [9.17, 15) is 0 Å². The molecule has 0 unspecified atom stereocenters. The normalized spacial score (nSPS) is 16.2. The molecule has 0 radical (unpaired) electrons. The highest BCUT2D eigenvalue weighted by molar-refractivity contribution is 5.82. The third-order valence-electron chi connectivity index (χ3n) is 9.99. The Balaban J connectivity index is 0.0000001000. The molecule has 5 aliphatic rings. The van der Waals surface area contributed by atoms with Gasteiger partial charge in [-0.3, -0.25) is 19.8 Å². The molecule has 0 saturated carbocycles. The van der Waals surface area contributed by atoms with Crippen LogP contribution in [0.3, 0.4) is 0 Å². The lowest BCUT2D eigenvalue weighted by Crippen LogP contribution is -2.14. The number of rotatable bonds is 0. The van der Waals surface area contributed by atoms with E-state index in [4.69, 9.17) is 4.74 Å². The number of allylic oxidation sites excluding steroid dienone is 1. The summed E-state index contributed by atoms with van der Waals surface area (Å²) in [7, 11) is 0. The quantitative estimate of drug-likeness (QED) is 0.177. The van der Waals surface area contributed by atoms with Gasteiger partial charge in [0.05, 0.1) is 80.3 Å². The molecule has 13 nitrogen and oxygen atoms in total. The van der Waals surface area contributed by atoms with Gasteiger partial charge in [-0.05, 0) is 87.5 Å². The number of nitrogens with zero attached hydrogens (tertiary/aromatic N) is 11. The van der Waals surface area contributed by atoms with Crippen LogP contribution in [0, 0.1) is 0 Å². The first-order valence-electron chi connectivity index (χ1n) is 19.2. The zero-order chi connectivity index (χ0) is 36.6. The summed E-state index contributed by atoms with van der Waals surface area (Å²) in [4.78, 5) is 20.1. The Labute approximate surface area is 315 Å². The first kappa shape index (κ1) is 36.7. The second kappa shape index (κ2) is 19.4. The molecule has 1 aliphatic carbocycles. The van der Waals surface area contributed by atoms with E-state index in [1.807, 2.05) is 72.3 Å². The molecule has 0 atom stereocenters. The average molecular weight is 727 g/mol. The van der Waals surface area contributed by atoms with Crippen LogP contribution in [0.2, 0.25) is 0 Å². The van der Waals surface area contributed by atoms with E-state index in [-0.39, 0.29) is 0 Å². The van der Waals surface area contributed by atoms with Gasteiger partial charge in [0.1, 0.15) is 0 Å². The summed E-state index contributed by atoms with van der Waals surface area (Å²) >= 11 is 0. The van der Waals surface area contributed by atoms with Gasteiger partial charge in [-0.15, -0.1) is 0 Å². The number of aliphatic imine (C=N–C) groups is 1. The van der Waals surface area contributed by atoms with Crippen LogP contribution in [-0.4, -0.2) is 72.8 Å². The Hall–Kier alpha value is -5.69. The van der Waals surface area contributed by atoms with E-state index in [2.05, 4.69) is 66.3 Å². The second-order valence-electron chi connectivity index (χ2n) is 13.7. The van der Waals surface area contributed by atoms with Crippen LogP contribution in [-0.2, 0) is 43.8 Å². The van der Waals surface area contributed by atoms with E-state index in [0.29, 0.717) is 0 Å². The number of ether oxygens (including phenoxy) is 1. The van der Waals surface area contributed by atoms with Crippen LogP contribution >= 0.6 is 0 Å². The summed E-state index contributed by atoms with van der Waals surface area (Å²) in [6.07, 6.45) is 35.4. The number of aromatic nitrogens is 11. The van der Waals surface area contributed by atoms with E-state index in [1.54, 1.807) is 36.1 Å². The molecular weight excluding hydrogens is 677 g/mol. The number of aromatic amines is 1. The number of benzene rings is 1. The molecule has 280 valence electrons. The highest BCUT2D eigenvalue weighted by Gasteiger charge is 2.13. The number of hydrogen-bond acceptors (Lipinski definition) is 8. The van der Waals surface area contributed by atoms with Gasteiger partial charge in [0, 0.05) is 67.4 Å². The van der Waals surface area contributed by atoms with E-state index < -0.39 is 0 Å². The standard InChI is InChI=1S/C8H11N.2C7H10N2.C7H6N2.C6H5N3.C6H8N2O/c1-2-4-8-6-9-5-7(8)3-1;1-2-6-9-7(3-1)4-5-8-9;1-2-4-9-6-8-5-7(9)3-1;1-2-4-7-6(3-1)5-8-9-7;1-2-9-5-8-4-6(9)3-7-1;1-2-9-4-6-3-7-5-8(1)6/h5H,1-4,6H2;4-5H,1-3,6H2;5-6H,1-4H2;1-5H,(H,8,9);1-5H;3,5H,1-2,4H2. The molecule has 12 rings (SSSR count). The molecule has 0 spiro atoms. The van der Waals surface area contributed by atoms with Gasteiger partial charge in [-0.25, -0.2) is 15.0 Å². The van der Waals surface area contributed by atoms with Crippen LogP contribution in [0.5, 0.6) is 0 Å². The van der Waals surface area contributed by atoms with Crippen molar-refractivity contribution < 1.29 is 4.74 Å². The zero-order valence-corrected chi connectivity index (χ0v) is 31.0. The minimum absolute atomic E-state index is 0.722. The molecular formula is C41H50N12O. The fraction of sp³-hybridized carbons (Fsp3) is 0.390. The van der Waals surface area contributed by atoms with E-state index in [1.165, 1.54) is 87.8 Å². The maximum Gasteiger partial charge on any atom is 0.0992 e. The van der Waals surface area contributed by atoms with Gasteiger partial charge in [0.2, 0.25) is 0 Å². The average Bonchev–Trinajstić information content (AvgIpc) is 4.09. The third kappa shape index (κ3) is 10.2. The smallest absolute Gasteiger partial charge is 0.0992 e. The maximum absolute atomic E-state index is 5.19. The van der Waals surface area contributed by atoms with Crippen molar-refractivity contribution in [1.82, 2.24) is 53.4 Å². The Morgan fingerprint density at radius 2 is 1.43 bits per heavy atom. The third-order valence-corrected chi connectivity index (χ3v) is 9.99. The lowest BCUT2D eigenvalue weighted by Gasteiger charge is -2.13. The number of fused-ring (bicyclic) bond motifs is 5. The number of hydrogen-bond donors (Lipinski definition) is 1. The molecule has 0 saturated heterocycles. The minimum atomic E-state index is 0.722. The van der Waals surface area contributed by atoms with Crippen molar-refractivity contribution in [2.24, 2.45) is 4.99 Å². The molecule has 13 heteroatoms. The summed E-state index contributed by atoms with van der Waals surface area (Å²) in [5, 5.41) is 12.1. The van der Waals surface area contributed by atoms with Gasteiger partial charge in [-0.1, -0.05) is 18.2 Å². The molecule has 0 bridgehead atoms. The summed E-state index contributed by atoms with van der Waals surface area (Å²) in [5.74, 6) is 0. The summed E-state index contributed by atoms with van der Waals surface area (Å²) < 4.78 is 13.6. The highest BCUT2D eigenvalue weighted by atomic mass is 16.5. The molecule has 1 aromatic carbocycles. The monoisotopic (exact) mass is 726 g/mol. The first-order valence-corrected chi connectivity index (χ1v) is 19.2. The van der Waals surface area contributed by atoms with Crippen molar-refractivity contribution in [2.75, 3.05) is 13.2 Å². The van der Waals surface area contributed by atoms with Crippen LogP contribution in [0.1, 0.15) is 68.4 Å². The summed E-state index contributed by atoms with van der Waals surface area (Å²) in [6, 6.07) is 10.1. The lowest BCUT2D eigenvalue weighted by atomic mass is 9.94. The Bertz CT molecular complexity index is 1920. The van der Waals surface area contributed by atoms with Gasteiger partial charge < -0.3 is 18.3 Å². The van der Waals surface area contributed by atoms with Crippen LogP contribution in [0.25, 0.3) is 16.4 Å². The largest absolute Gasteiger partial charge is 0.373 e. The zero-order valence-electron chi connectivity index (χ0n) is 31.0. The molecule has 4 aliphatic heterocycles. The van der Waals surface area contributed by atoms with Crippen molar-refractivity contribution in [2.45, 2.75) is 90.4 Å². The van der Waals surface area contributed by atoms with E-state index in [0.717, 1.165) is 49.3 Å². The van der Waals surface area contributed by atoms with Gasteiger partial charge in [0.15, 0.2) is 0 Å². The van der Waals surface area contributed by atoms with Gasteiger partial charge >= 0.3 is 0 Å². The van der Waals surface area contributed by atoms with Crippen molar-refractivity contribution in [1.29, 1.82) is 0 Å². The topological polar surface area (TPSA) is 134 Å². The maximum atomic E-state index is 5.19. The Morgan fingerprint density at radius 3 is 2.26 bits per heavy atom. The van der Waals surface area contributed by atoms with Crippen molar-refractivity contribution >= 4 is 22.6 Å². The van der Waals surface area contributed by atoms with Crippen molar-refractivity contribution in [3.63, 3.8) is 0 Å². The molecule has 54 heavy (non-hydrogen) atoms. The molecule has 1 N–H and O–H groups in total. The number of aryl methyl sites for hydroxylation is 4. The number of H-pyrrole nitrogens is 1. The minimum Gasteiger partial charge on any atom is -0.373 e. The SMILES string of the molecule is C1=NCC2=C1CCCC2.c1cc2n(n1)CCCC2.c1ccc2[nH]ncc2c1.c1cn2cncc2cn1.c1ncn2c1CCCC2.c1ncn2c1COCC2. The lowest BCUT2D eigenvalue weighted by molar-refractivity contribution is 0.0850.